The number of aromatic nitrogens is 5. The van der Waals surface area contributed by atoms with Crippen molar-refractivity contribution in [3.05, 3.63) is 30.1 Å². The van der Waals surface area contributed by atoms with Crippen LogP contribution in [0.1, 0.15) is 31.4 Å². The summed E-state index contributed by atoms with van der Waals surface area (Å²) < 4.78 is 28.4. The van der Waals surface area contributed by atoms with Crippen LogP contribution in [0.25, 0.3) is 5.52 Å². The van der Waals surface area contributed by atoms with E-state index in [4.69, 9.17) is 0 Å². The number of rotatable bonds is 4. The molecule has 0 aliphatic heterocycles. The minimum absolute atomic E-state index is 0.0614. The van der Waals surface area contributed by atoms with Crippen molar-refractivity contribution >= 4 is 28.9 Å². The predicted octanol–water partition coefficient (Wildman–Crippen LogP) is 4.17. The zero-order chi connectivity index (χ0) is 17.4. The maximum absolute atomic E-state index is 13.3. The molecule has 3 heterocycles. The van der Waals surface area contributed by atoms with E-state index in [1.807, 2.05) is 31.3 Å². The largest absolute Gasteiger partial charge is 0.322 e. The Balaban J connectivity index is 1.57. The van der Waals surface area contributed by atoms with Crippen molar-refractivity contribution in [3.63, 3.8) is 0 Å². The molecule has 1 saturated carbocycles. The molecular weight excluding hydrogens is 346 g/mol. The van der Waals surface area contributed by atoms with E-state index in [0.717, 1.165) is 11.2 Å². The van der Waals surface area contributed by atoms with Crippen LogP contribution in [0.2, 0.25) is 0 Å². The summed E-state index contributed by atoms with van der Waals surface area (Å²) in [5.74, 6) is -1.20. The molecule has 0 spiro atoms. The molecule has 0 bridgehead atoms. The minimum atomic E-state index is -2.52. The van der Waals surface area contributed by atoms with Crippen molar-refractivity contribution in [2.24, 2.45) is 0 Å². The number of hydrogen-bond acceptors (Lipinski definition) is 5. The van der Waals surface area contributed by atoms with Gasteiger partial charge in [0.05, 0.1) is 0 Å². The molecule has 1 fully saturated rings. The zero-order valence-electron chi connectivity index (χ0n) is 13.7. The van der Waals surface area contributed by atoms with Gasteiger partial charge in [-0.15, -0.1) is 5.10 Å². The van der Waals surface area contributed by atoms with Gasteiger partial charge < -0.3 is 5.32 Å². The van der Waals surface area contributed by atoms with E-state index >= 15 is 0 Å². The van der Waals surface area contributed by atoms with Crippen LogP contribution in [-0.2, 0) is 0 Å². The quantitative estimate of drug-likeness (QED) is 0.727. The van der Waals surface area contributed by atoms with Gasteiger partial charge in [-0.1, -0.05) is 11.8 Å². The van der Waals surface area contributed by atoms with Crippen molar-refractivity contribution in [3.8, 4) is 0 Å². The highest BCUT2D eigenvalue weighted by Gasteiger charge is 2.35. The summed E-state index contributed by atoms with van der Waals surface area (Å²) in [5, 5.41) is 15.4. The second-order valence-corrected chi connectivity index (χ2v) is 7.58. The molecule has 132 valence electrons. The third kappa shape index (κ3) is 3.60. The van der Waals surface area contributed by atoms with Crippen LogP contribution >= 0.6 is 11.8 Å². The normalized spacial score (nSPS) is 17.9. The summed E-state index contributed by atoms with van der Waals surface area (Å²) in [5.41, 5.74) is 1.78. The number of nitrogens with one attached hydrogen (secondary N) is 2. The van der Waals surface area contributed by atoms with Gasteiger partial charge in [0, 0.05) is 36.0 Å². The lowest BCUT2D eigenvalue weighted by Crippen LogP contribution is -2.26. The molecule has 25 heavy (non-hydrogen) atoms. The fourth-order valence-corrected chi connectivity index (χ4v) is 3.99. The Kier molecular flexibility index (Phi) is 4.10. The zero-order valence-corrected chi connectivity index (χ0v) is 14.5. The van der Waals surface area contributed by atoms with Crippen LogP contribution in [0.15, 0.2) is 29.6 Å². The number of halogens is 2. The number of thioether (sulfide) groups is 1. The SMILES string of the molecule is Cc1cc(Nc2nc(SC3CCC(F)(F)CC3)nn3cccc23)n[nH]1. The topological polar surface area (TPSA) is 70.9 Å². The molecule has 0 atom stereocenters. The van der Waals surface area contributed by atoms with E-state index in [0.29, 0.717) is 29.6 Å². The van der Waals surface area contributed by atoms with Crippen molar-refractivity contribution < 1.29 is 8.78 Å². The van der Waals surface area contributed by atoms with Crippen LogP contribution in [0.4, 0.5) is 20.4 Å². The smallest absolute Gasteiger partial charge is 0.248 e. The van der Waals surface area contributed by atoms with Crippen molar-refractivity contribution in [2.45, 2.75) is 48.9 Å². The number of nitrogens with zero attached hydrogens (tertiary/aromatic N) is 4. The Bertz CT molecular complexity index is 880. The van der Waals surface area contributed by atoms with Gasteiger partial charge in [0.1, 0.15) is 5.52 Å². The van der Waals surface area contributed by atoms with Gasteiger partial charge in [-0.05, 0) is 31.9 Å². The molecule has 3 aromatic heterocycles. The lowest BCUT2D eigenvalue weighted by molar-refractivity contribution is -0.0324. The molecule has 0 amide bonds. The van der Waals surface area contributed by atoms with Gasteiger partial charge in [0.2, 0.25) is 11.1 Å². The summed E-state index contributed by atoms with van der Waals surface area (Å²) >= 11 is 1.47. The number of hydrogen-bond donors (Lipinski definition) is 2. The van der Waals surface area contributed by atoms with Crippen LogP contribution in [0.3, 0.4) is 0 Å². The second kappa shape index (κ2) is 6.29. The molecule has 4 rings (SSSR count). The first-order chi connectivity index (χ1) is 12.0. The Morgan fingerprint density at radius 3 is 2.88 bits per heavy atom. The highest BCUT2D eigenvalue weighted by atomic mass is 32.2. The highest BCUT2D eigenvalue weighted by molar-refractivity contribution is 7.99. The molecule has 0 aromatic carbocycles. The van der Waals surface area contributed by atoms with Gasteiger partial charge in [0.15, 0.2) is 11.6 Å². The summed E-state index contributed by atoms with van der Waals surface area (Å²) in [6, 6.07) is 5.69. The molecule has 1 aliphatic carbocycles. The van der Waals surface area contributed by atoms with Gasteiger partial charge in [0.25, 0.3) is 0 Å². The lowest BCUT2D eigenvalue weighted by Gasteiger charge is -2.27. The molecule has 0 radical (unpaired) electrons. The molecule has 0 unspecified atom stereocenters. The van der Waals surface area contributed by atoms with Crippen LogP contribution in [-0.4, -0.2) is 36.0 Å². The number of aryl methyl sites for hydroxylation is 1. The Hall–Kier alpha value is -2.16. The third-order valence-electron chi connectivity index (χ3n) is 4.26. The van der Waals surface area contributed by atoms with Crippen LogP contribution in [0.5, 0.6) is 0 Å². The Labute approximate surface area is 147 Å². The summed E-state index contributed by atoms with van der Waals surface area (Å²) in [4.78, 5) is 4.59. The lowest BCUT2D eigenvalue weighted by atomic mass is 9.96. The van der Waals surface area contributed by atoms with E-state index < -0.39 is 5.92 Å². The highest BCUT2D eigenvalue weighted by Crippen LogP contribution is 2.39. The number of fused-ring (bicyclic) bond motifs is 1. The average Bonchev–Trinajstić information content (AvgIpc) is 3.18. The van der Waals surface area contributed by atoms with Crippen molar-refractivity contribution in [1.29, 1.82) is 0 Å². The standard InChI is InChI=1S/C16H18F2N6S/c1-10-9-13(22-21-10)19-14-12-3-2-8-24(12)23-15(20-14)25-11-4-6-16(17,18)7-5-11/h2-3,8-9,11H,4-7H2,1H3,(H2,19,20,21,22,23). The maximum Gasteiger partial charge on any atom is 0.248 e. The van der Waals surface area contributed by atoms with Gasteiger partial charge in [-0.3, -0.25) is 5.10 Å². The van der Waals surface area contributed by atoms with Crippen LogP contribution < -0.4 is 5.32 Å². The van der Waals surface area contributed by atoms with E-state index in [2.05, 4.69) is 25.6 Å². The molecule has 3 aromatic rings. The maximum atomic E-state index is 13.3. The van der Waals surface area contributed by atoms with E-state index in [-0.39, 0.29) is 18.1 Å². The van der Waals surface area contributed by atoms with E-state index in [1.165, 1.54) is 11.8 Å². The molecule has 1 aliphatic rings. The number of anilines is 2. The first-order valence-corrected chi connectivity index (χ1v) is 9.05. The first kappa shape index (κ1) is 16.3. The molecule has 9 heteroatoms. The Morgan fingerprint density at radius 2 is 2.16 bits per heavy atom. The van der Waals surface area contributed by atoms with Crippen molar-refractivity contribution in [1.82, 2.24) is 24.8 Å². The van der Waals surface area contributed by atoms with E-state index in [1.54, 1.807) is 4.52 Å². The van der Waals surface area contributed by atoms with Crippen molar-refractivity contribution in [2.75, 3.05) is 5.32 Å². The Morgan fingerprint density at radius 1 is 1.36 bits per heavy atom. The molecule has 2 N–H and O–H groups in total. The number of H-pyrrole nitrogens is 1. The van der Waals surface area contributed by atoms with E-state index in [9.17, 15) is 8.78 Å². The molecule has 6 nitrogen and oxygen atoms in total. The van der Waals surface area contributed by atoms with Gasteiger partial charge >= 0.3 is 0 Å². The molecule has 0 saturated heterocycles. The second-order valence-electron chi connectivity index (χ2n) is 6.32. The average molecular weight is 364 g/mol. The summed E-state index contributed by atoms with van der Waals surface area (Å²) in [6.07, 6.45) is 2.68. The monoisotopic (exact) mass is 364 g/mol. The van der Waals surface area contributed by atoms with Gasteiger partial charge in [-0.2, -0.15) is 5.10 Å². The fourth-order valence-electron chi connectivity index (χ4n) is 2.94. The fraction of sp³-hybridized carbons (Fsp3) is 0.438. The number of aromatic amines is 1. The summed E-state index contributed by atoms with van der Waals surface area (Å²) in [7, 11) is 0. The third-order valence-corrected chi connectivity index (χ3v) is 5.45. The van der Waals surface area contributed by atoms with Crippen LogP contribution in [0, 0.1) is 6.92 Å². The minimum Gasteiger partial charge on any atom is -0.322 e. The van der Waals surface area contributed by atoms with Gasteiger partial charge in [-0.25, -0.2) is 18.3 Å². The summed E-state index contributed by atoms with van der Waals surface area (Å²) in [6.45, 7) is 1.92. The predicted molar refractivity (Wildman–Crippen MR) is 92.7 cm³/mol. The molecular formula is C16H18F2N6S. The number of alkyl halides is 2. The first-order valence-electron chi connectivity index (χ1n) is 8.17.